The van der Waals surface area contributed by atoms with E-state index in [0.29, 0.717) is 58.5 Å². The number of benzene rings is 4. The largest absolute Gasteiger partial charge is 0.454 e. The first kappa shape index (κ1) is 37.1. The van der Waals surface area contributed by atoms with Crippen LogP contribution in [0.1, 0.15) is 71.8 Å². The summed E-state index contributed by atoms with van der Waals surface area (Å²) in [5.74, 6) is -4.17. The Balaban J connectivity index is 1.48. The van der Waals surface area contributed by atoms with Crippen LogP contribution in [0.4, 0.5) is 22.0 Å². The molecule has 276 valence electrons. The molecule has 1 atom stereocenters. The molecule has 1 unspecified atom stereocenters. The van der Waals surface area contributed by atoms with Crippen LogP contribution in [0.15, 0.2) is 95.3 Å². The number of Topliss-reactive ketones (excluding diaryl/α,β-unsaturated/α-hetero) is 1. The lowest BCUT2D eigenvalue weighted by Crippen LogP contribution is -2.24. The van der Waals surface area contributed by atoms with Crippen molar-refractivity contribution < 1.29 is 26.7 Å². The van der Waals surface area contributed by atoms with E-state index in [9.17, 15) is 28.5 Å². The molecule has 7 rings (SSSR count). The van der Waals surface area contributed by atoms with Crippen LogP contribution in [-0.4, -0.2) is 25.6 Å². The van der Waals surface area contributed by atoms with E-state index in [2.05, 4.69) is 22.8 Å². The van der Waals surface area contributed by atoms with Crippen molar-refractivity contribution in [3.63, 3.8) is 0 Å². The quantitative estimate of drug-likeness (QED) is 0.101. The van der Waals surface area contributed by atoms with Gasteiger partial charge in [0.05, 0.1) is 5.56 Å². The van der Waals surface area contributed by atoms with Gasteiger partial charge in [0.25, 0.3) is 5.78 Å². The van der Waals surface area contributed by atoms with E-state index in [1.165, 1.54) is 12.1 Å². The molecule has 0 aliphatic heterocycles. The number of allylic oxidation sites excluding steroid dienone is 8. The van der Waals surface area contributed by atoms with E-state index in [-0.39, 0.29) is 28.6 Å². The van der Waals surface area contributed by atoms with E-state index in [4.69, 9.17) is 0 Å². The molecular weight excluding hydrogens is 708 g/mol. The zero-order chi connectivity index (χ0) is 39.3. The van der Waals surface area contributed by atoms with Crippen LogP contribution < -0.4 is 10.6 Å². The Morgan fingerprint density at radius 3 is 1.76 bits per heavy atom. The predicted octanol–water partition coefficient (Wildman–Crippen LogP) is 10.6. The van der Waals surface area contributed by atoms with Gasteiger partial charge in [-0.3, -0.25) is 4.79 Å². The van der Waals surface area contributed by atoms with Crippen LogP contribution in [0.2, 0.25) is 0 Å². The molecule has 2 N–H and O–H groups in total. The molecule has 0 amide bonds. The van der Waals surface area contributed by atoms with Gasteiger partial charge in [-0.1, -0.05) is 74.9 Å². The summed E-state index contributed by atoms with van der Waals surface area (Å²) in [4.78, 5) is 12.1. The topological polar surface area (TPSA) is 88.7 Å². The molecule has 4 aromatic carbocycles. The second-order valence-corrected chi connectivity index (χ2v) is 13.6. The van der Waals surface area contributed by atoms with Crippen molar-refractivity contribution >= 4 is 28.1 Å². The number of carbonyl (C=O) groups is 1. The Kier molecular flexibility index (Phi) is 9.56. The van der Waals surface area contributed by atoms with Gasteiger partial charge in [0.15, 0.2) is 0 Å². The lowest BCUT2D eigenvalue weighted by molar-refractivity contribution is -0.0887. The van der Waals surface area contributed by atoms with Crippen molar-refractivity contribution in [2.45, 2.75) is 46.2 Å². The first-order chi connectivity index (χ1) is 26.4. The fraction of sp³-hybridized carbons (Fsp3) is 0.222. The summed E-state index contributed by atoms with van der Waals surface area (Å²) in [5.41, 5.74) is 8.90. The number of nitrogens with zero attached hydrogens (tertiary/aromatic N) is 2. The highest BCUT2D eigenvalue weighted by Crippen LogP contribution is 2.65. The fourth-order valence-corrected chi connectivity index (χ4v) is 8.38. The molecule has 0 heterocycles. The van der Waals surface area contributed by atoms with Gasteiger partial charge >= 0.3 is 6.18 Å². The highest BCUT2D eigenvalue weighted by molar-refractivity contribution is 6.28. The molecule has 3 aliphatic carbocycles. The maximum atomic E-state index is 15.9. The van der Waals surface area contributed by atoms with E-state index < -0.39 is 23.3 Å². The maximum Gasteiger partial charge on any atom is 0.454 e. The molecule has 0 aromatic heterocycles. The van der Waals surface area contributed by atoms with Gasteiger partial charge in [0.2, 0.25) is 0 Å². The number of hydrogen-bond donors (Lipinski definition) is 2. The minimum atomic E-state index is -5.26. The van der Waals surface area contributed by atoms with Crippen molar-refractivity contribution in [3.8, 4) is 34.4 Å². The van der Waals surface area contributed by atoms with Gasteiger partial charge in [-0.15, -0.1) is 0 Å². The standard InChI is InChI=1S/C45H35F5N4O/c1-5-10-23-11-8-12-27(42(23)46)24-15-17-29-32(19-24)36(34(21-51)53-4)38-26(6-2)39-37(35(22-52)54-7-3)33-20-25(16-18-30(33)41(39)40(29)38)28-13-9-14-31(43(28)47)44(55)45(48,49)50/h8-9,11-20,26,53-54H,5-7,10H2,1-4H3/b36-34-,37-35-. The van der Waals surface area contributed by atoms with Gasteiger partial charge in [-0.2, -0.15) is 23.7 Å². The Labute approximate surface area is 315 Å². The summed E-state index contributed by atoms with van der Waals surface area (Å²) in [5, 5.41) is 27.2. The van der Waals surface area contributed by atoms with Crippen molar-refractivity contribution in [2.24, 2.45) is 5.92 Å². The van der Waals surface area contributed by atoms with Gasteiger partial charge < -0.3 is 10.6 Å². The molecule has 0 bridgehead atoms. The predicted molar refractivity (Wildman–Crippen MR) is 203 cm³/mol. The third-order valence-electron chi connectivity index (χ3n) is 10.6. The molecule has 0 spiro atoms. The average Bonchev–Trinajstić information content (AvgIpc) is 3.79. The van der Waals surface area contributed by atoms with Gasteiger partial charge in [0, 0.05) is 41.8 Å². The van der Waals surface area contributed by atoms with Crippen LogP contribution in [0.3, 0.4) is 0 Å². The van der Waals surface area contributed by atoms with E-state index in [1.54, 1.807) is 37.4 Å². The number of halogens is 5. The van der Waals surface area contributed by atoms with Gasteiger partial charge in [-0.25, -0.2) is 8.78 Å². The highest BCUT2D eigenvalue weighted by atomic mass is 19.4. The normalized spacial score (nSPS) is 17.3. The van der Waals surface area contributed by atoms with Crippen molar-refractivity contribution in [3.05, 3.63) is 140 Å². The number of rotatable bonds is 9. The minimum Gasteiger partial charge on any atom is -0.379 e. The molecule has 0 radical (unpaired) electrons. The third-order valence-corrected chi connectivity index (χ3v) is 10.6. The number of alkyl halides is 3. The van der Waals surface area contributed by atoms with Gasteiger partial charge in [0.1, 0.15) is 35.2 Å². The third kappa shape index (κ3) is 5.75. The second kappa shape index (κ2) is 14.2. The van der Waals surface area contributed by atoms with Crippen LogP contribution in [0.25, 0.3) is 44.5 Å². The van der Waals surface area contributed by atoms with Crippen LogP contribution in [0, 0.1) is 40.2 Å². The van der Waals surface area contributed by atoms with Crippen molar-refractivity contribution in [1.82, 2.24) is 10.6 Å². The summed E-state index contributed by atoms with van der Waals surface area (Å²) in [7, 11) is 1.68. The Hall–Kier alpha value is -6.26. The summed E-state index contributed by atoms with van der Waals surface area (Å²) in [6.45, 7) is 6.28. The molecule has 0 saturated carbocycles. The molecule has 4 aromatic rings. The number of nitrogens with one attached hydrogen (secondary N) is 2. The van der Waals surface area contributed by atoms with Crippen molar-refractivity contribution in [1.29, 1.82) is 10.5 Å². The molecule has 3 aliphatic rings. The minimum absolute atomic E-state index is 0.190. The SMILES string of the molecule is CCCc1cccc(-c2ccc3c(c2)/C(=C(\C#N)NC)C2=C3C3=C(/C(=C(/C#N)NCC)c4cc(-c5cccc(C(=O)C(F)(F)F)c5F)ccc43)C2CC)c1F. The number of ketones is 1. The van der Waals surface area contributed by atoms with Crippen LogP contribution in [0.5, 0.6) is 0 Å². The molecule has 55 heavy (non-hydrogen) atoms. The van der Waals surface area contributed by atoms with E-state index in [0.717, 1.165) is 51.5 Å². The van der Waals surface area contributed by atoms with Gasteiger partial charge in [-0.05, 0) is 99.2 Å². The zero-order valence-corrected chi connectivity index (χ0v) is 30.5. The van der Waals surface area contributed by atoms with E-state index in [1.807, 2.05) is 45.0 Å². The summed E-state index contributed by atoms with van der Waals surface area (Å²) < 4.78 is 71.8. The van der Waals surface area contributed by atoms with E-state index >= 15 is 8.78 Å². The number of aryl methyl sites for hydroxylation is 1. The lowest BCUT2D eigenvalue weighted by atomic mass is 9.82. The molecule has 5 nitrogen and oxygen atoms in total. The first-order valence-electron chi connectivity index (χ1n) is 18.1. The second-order valence-electron chi connectivity index (χ2n) is 13.6. The van der Waals surface area contributed by atoms with Crippen molar-refractivity contribution in [2.75, 3.05) is 13.6 Å². The Morgan fingerprint density at radius 1 is 0.727 bits per heavy atom. The zero-order valence-electron chi connectivity index (χ0n) is 30.5. The summed E-state index contributed by atoms with van der Waals surface area (Å²) in [6, 6.07) is 24.1. The van der Waals surface area contributed by atoms with Crippen LogP contribution >= 0.6 is 0 Å². The smallest absolute Gasteiger partial charge is 0.379 e. The fourth-order valence-electron chi connectivity index (χ4n) is 8.38. The number of fused-ring (bicyclic) bond motifs is 5. The Bertz CT molecular complexity index is 2540. The molecule has 0 fully saturated rings. The molecule has 10 heteroatoms. The maximum absolute atomic E-state index is 15.9. The monoisotopic (exact) mass is 742 g/mol. The molecular formula is C45H35F5N4O. The summed E-state index contributed by atoms with van der Waals surface area (Å²) in [6.07, 6.45) is -3.30. The van der Waals surface area contributed by atoms with Crippen LogP contribution in [-0.2, 0) is 6.42 Å². The lowest BCUT2D eigenvalue weighted by Gasteiger charge is -2.22. The average molecular weight is 743 g/mol. The number of hydrogen-bond acceptors (Lipinski definition) is 5. The summed E-state index contributed by atoms with van der Waals surface area (Å²) >= 11 is 0. The highest BCUT2D eigenvalue weighted by Gasteiger charge is 2.48. The number of carbonyl (C=O) groups excluding carboxylic acids is 1. The molecule has 0 saturated heterocycles. The Morgan fingerprint density at radius 2 is 1.27 bits per heavy atom. The number of nitriles is 2. The first-order valence-corrected chi connectivity index (χ1v) is 18.1.